The van der Waals surface area contributed by atoms with Crippen molar-refractivity contribution in [1.29, 1.82) is 0 Å². The fourth-order valence-electron chi connectivity index (χ4n) is 2.48. The normalized spacial score (nSPS) is 11.5. The van der Waals surface area contributed by atoms with E-state index in [0.717, 1.165) is 23.3 Å². The molecule has 0 saturated carbocycles. The molecule has 2 rings (SSSR count). The summed E-state index contributed by atoms with van der Waals surface area (Å²) in [5.74, 6) is 0.375. The summed E-state index contributed by atoms with van der Waals surface area (Å²) in [6, 6.07) is 12.8. The lowest BCUT2D eigenvalue weighted by atomic mass is 10.1. The summed E-state index contributed by atoms with van der Waals surface area (Å²) in [6.45, 7) is 7.81. The number of rotatable bonds is 7. The van der Waals surface area contributed by atoms with Gasteiger partial charge in [0, 0.05) is 17.3 Å². The first-order chi connectivity index (χ1) is 12.4. The fourth-order valence-corrected chi connectivity index (χ4v) is 2.48. The number of benzene rings is 2. The molecule has 0 aromatic heterocycles. The van der Waals surface area contributed by atoms with Crippen LogP contribution in [0.2, 0.25) is 0 Å². The largest absolute Gasteiger partial charge is 0.483 e. The summed E-state index contributed by atoms with van der Waals surface area (Å²) in [7, 11) is 0. The maximum atomic E-state index is 12.1. The third-order valence-electron chi connectivity index (χ3n) is 4.18. The first kappa shape index (κ1) is 19.5. The SMILES string of the molecule is CCC(C)NC(=O)c1ccc(NC(=O)COc2c(C)cccc2C)cc1. The number of aryl methyl sites for hydroxylation is 2. The molecule has 0 saturated heterocycles. The predicted molar refractivity (Wildman–Crippen MR) is 104 cm³/mol. The standard InChI is InChI=1S/C21H26N2O3/c1-5-16(4)22-21(25)17-9-11-18(12-10-17)23-19(24)13-26-20-14(2)7-6-8-15(20)3/h6-12,16H,5,13H2,1-4H3,(H,22,25)(H,23,24). The van der Waals surface area contributed by atoms with E-state index in [9.17, 15) is 9.59 Å². The highest BCUT2D eigenvalue weighted by atomic mass is 16.5. The average molecular weight is 354 g/mol. The topological polar surface area (TPSA) is 67.4 Å². The molecule has 0 aliphatic rings. The van der Waals surface area contributed by atoms with Gasteiger partial charge in [0.2, 0.25) is 0 Å². The minimum atomic E-state index is -0.246. The van der Waals surface area contributed by atoms with Crippen LogP contribution >= 0.6 is 0 Å². The number of para-hydroxylation sites is 1. The number of carbonyl (C=O) groups is 2. The smallest absolute Gasteiger partial charge is 0.262 e. The Balaban J connectivity index is 1.90. The molecule has 2 N–H and O–H groups in total. The Morgan fingerprint density at radius 2 is 1.65 bits per heavy atom. The number of amides is 2. The van der Waals surface area contributed by atoms with Gasteiger partial charge in [0.15, 0.2) is 6.61 Å². The van der Waals surface area contributed by atoms with Crippen LogP contribution in [0.1, 0.15) is 41.8 Å². The van der Waals surface area contributed by atoms with Crippen molar-refractivity contribution in [3.63, 3.8) is 0 Å². The van der Waals surface area contributed by atoms with Crippen molar-refractivity contribution in [1.82, 2.24) is 5.32 Å². The fraction of sp³-hybridized carbons (Fsp3) is 0.333. The Bertz CT molecular complexity index is 749. The van der Waals surface area contributed by atoms with Crippen LogP contribution in [-0.2, 0) is 4.79 Å². The van der Waals surface area contributed by atoms with Crippen molar-refractivity contribution < 1.29 is 14.3 Å². The molecule has 0 fully saturated rings. The molecule has 0 bridgehead atoms. The van der Waals surface area contributed by atoms with Crippen LogP contribution in [0, 0.1) is 13.8 Å². The molecule has 138 valence electrons. The van der Waals surface area contributed by atoms with Gasteiger partial charge >= 0.3 is 0 Å². The highest BCUT2D eigenvalue weighted by Crippen LogP contribution is 2.22. The van der Waals surface area contributed by atoms with E-state index in [1.165, 1.54) is 0 Å². The number of ether oxygens (including phenoxy) is 1. The van der Waals surface area contributed by atoms with Gasteiger partial charge in [0.25, 0.3) is 11.8 Å². The summed E-state index contributed by atoms with van der Waals surface area (Å²) in [4.78, 5) is 24.1. The molecule has 0 spiro atoms. The molecular weight excluding hydrogens is 328 g/mol. The Morgan fingerprint density at radius 3 is 2.23 bits per heavy atom. The second-order valence-electron chi connectivity index (χ2n) is 6.42. The van der Waals surface area contributed by atoms with Gasteiger partial charge in [-0.1, -0.05) is 25.1 Å². The molecule has 0 heterocycles. The van der Waals surface area contributed by atoms with Crippen LogP contribution in [0.25, 0.3) is 0 Å². The van der Waals surface area contributed by atoms with Crippen LogP contribution in [-0.4, -0.2) is 24.5 Å². The molecule has 5 nitrogen and oxygen atoms in total. The quantitative estimate of drug-likeness (QED) is 0.794. The van der Waals surface area contributed by atoms with Crippen molar-refractivity contribution in [2.75, 3.05) is 11.9 Å². The number of carbonyl (C=O) groups excluding carboxylic acids is 2. The average Bonchev–Trinajstić information content (AvgIpc) is 2.61. The highest BCUT2D eigenvalue weighted by Gasteiger charge is 2.10. The number of hydrogen-bond donors (Lipinski definition) is 2. The van der Waals surface area contributed by atoms with E-state index in [1.807, 2.05) is 45.9 Å². The van der Waals surface area contributed by atoms with Gasteiger partial charge in [-0.2, -0.15) is 0 Å². The zero-order valence-corrected chi connectivity index (χ0v) is 15.8. The van der Waals surface area contributed by atoms with Gasteiger partial charge in [0.1, 0.15) is 5.75 Å². The lowest BCUT2D eigenvalue weighted by molar-refractivity contribution is -0.118. The van der Waals surface area contributed by atoms with Crippen LogP contribution in [0.5, 0.6) is 5.75 Å². The molecule has 1 unspecified atom stereocenters. The molecule has 1 atom stereocenters. The second kappa shape index (κ2) is 9.04. The first-order valence-corrected chi connectivity index (χ1v) is 8.80. The minimum Gasteiger partial charge on any atom is -0.483 e. The lowest BCUT2D eigenvalue weighted by Gasteiger charge is -2.13. The molecular formula is C21H26N2O3. The minimum absolute atomic E-state index is 0.0675. The van der Waals surface area contributed by atoms with Gasteiger partial charge in [-0.25, -0.2) is 0 Å². The summed E-state index contributed by atoms with van der Waals surface area (Å²) in [5, 5.41) is 5.68. The Labute approximate surface area is 154 Å². The third kappa shape index (κ3) is 5.34. The Hall–Kier alpha value is -2.82. The van der Waals surface area contributed by atoms with E-state index in [0.29, 0.717) is 11.3 Å². The molecule has 2 aromatic rings. The molecule has 2 aromatic carbocycles. The van der Waals surface area contributed by atoms with Crippen molar-refractivity contribution >= 4 is 17.5 Å². The van der Waals surface area contributed by atoms with Crippen LogP contribution in [0.4, 0.5) is 5.69 Å². The first-order valence-electron chi connectivity index (χ1n) is 8.80. The van der Waals surface area contributed by atoms with Gasteiger partial charge in [-0.05, 0) is 62.6 Å². The van der Waals surface area contributed by atoms with E-state index in [1.54, 1.807) is 24.3 Å². The van der Waals surface area contributed by atoms with Crippen LogP contribution < -0.4 is 15.4 Å². The zero-order chi connectivity index (χ0) is 19.1. The van der Waals surface area contributed by atoms with E-state index >= 15 is 0 Å². The molecule has 2 amide bonds. The molecule has 26 heavy (non-hydrogen) atoms. The molecule has 0 aliphatic carbocycles. The van der Waals surface area contributed by atoms with Gasteiger partial charge in [-0.15, -0.1) is 0 Å². The maximum absolute atomic E-state index is 12.1. The summed E-state index contributed by atoms with van der Waals surface area (Å²) in [6.07, 6.45) is 0.875. The van der Waals surface area contributed by atoms with Gasteiger partial charge < -0.3 is 15.4 Å². The number of nitrogens with one attached hydrogen (secondary N) is 2. The molecule has 0 radical (unpaired) electrons. The zero-order valence-electron chi connectivity index (χ0n) is 15.8. The summed E-state index contributed by atoms with van der Waals surface area (Å²) in [5.41, 5.74) is 3.18. The summed E-state index contributed by atoms with van der Waals surface area (Å²) >= 11 is 0. The van der Waals surface area contributed by atoms with Crippen molar-refractivity contribution in [3.05, 3.63) is 59.2 Å². The second-order valence-corrected chi connectivity index (χ2v) is 6.42. The Kier molecular flexibility index (Phi) is 6.78. The Morgan fingerprint density at radius 1 is 1.04 bits per heavy atom. The highest BCUT2D eigenvalue weighted by molar-refractivity contribution is 5.96. The van der Waals surface area contributed by atoms with Crippen LogP contribution in [0.15, 0.2) is 42.5 Å². The maximum Gasteiger partial charge on any atom is 0.262 e. The monoisotopic (exact) mass is 354 g/mol. The van der Waals surface area contributed by atoms with E-state index in [2.05, 4.69) is 10.6 Å². The van der Waals surface area contributed by atoms with Gasteiger partial charge in [-0.3, -0.25) is 9.59 Å². The van der Waals surface area contributed by atoms with Crippen molar-refractivity contribution in [2.24, 2.45) is 0 Å². The number of hydrogen-bond acceptors (Lipinski definition) is 3. The third-order valence-corrected chi connectivity index (χ3v) is 4.18. The molecule has 5 heteroatoms. The van der Waals surface area contributed by atoms with Crippen LogP contribution in [0.3, 0.4) is 0 Å². The lowest BCUT2D eigenvalue weighted by Crippen LogP contribution is -2.31. The van der Waals surface area contributed by atoms with Crippen molar-refractivity contribution in [3.8, 4) is 5.75 Å². The number of anilines is 1. The van der Waals surface area contributed by atoms with E-state index < -0.39 is 0 Å². The van der Waals surface area contributed by atoms with E-state index in [-0.39, 0.29) is 24.5 Å². The van der Waals surface area contributed by atoms with Gasteiger partial charge in [0.05, 0.1) is 0 Å². The van der Waals surface area contributed by atoms with Crippen molar-refractivity contribution in [2.45, 2.75) is 40.2 Å². The predicted octanol–water partition coefficient (Wildman–Crippen LogP) is 3.85. The molecule has 0 aliphatic heterocycles. The van der Waals surface area contributed by atoms with E-state index in [4.69, 9.17) is 4.74 Å². The summed E-state index contributed by atoms with van der Waals surface area (Å²) < 4.78 is 5.64.